The van der Waals surface area contributed by atoms with Gasteiger partial charge in [0.1, 0.15) is 17.5 Å². The van der Waals surface area contributed by atoms with Crippen LogP contribution in [0.25, 0.3) is 0 Å². The summed E-state index contributed by atoms with van der Waals surface area (Å²) in [6.07, 6.45) is 1.87. The van der Waals surface area contributed by atoms with Gasteiger partial charge in [-0.25, -0.2) is 13.8 Å². The smallest absolute Gasteiger partial charge is 0.227 e. The highest BCUT2D eigenvalue weighted by Crippen LogP contribution is 2.09. The minimum absolute atomic E-state index is 0.0722. The normalized spacial score (nSPS) is 11.2. The lowest BCUT2D eigenvalue weighted by Gasteiger charge is -2.12. The van der Waals surface area contributed by atoms with Gasteiger partial charge in [-0.2, -0.15) is 0 Å². The summed E-state index contributed by atoms with van der Waals surface area (Å²) >= 11 is 0. The Kier molecular flexibility index (Phi) is 7.02. The molecule has 3 N–H and O–H groups in total. The van der Waals surface area contributed by atoms with Crippen LogP contribution in [0.2, 0.25) is 0 Å². The van der Waals surface area contributed by atoms with E-state index in [1.807, 2.05) is 13.0 Å². The summed E-state index contributed by atoms with van der Waals surface area (Å²) in [6, 6.07) is 6.85. The predicted molar refractivity (Wildman–Crippen MR) is 96.8 cm³/mol. The van der Waals surface area contributed by atoms with Crippen LogP contribution in [0.5, 0.6) is 0 Å². The monoisotopic (exact) mass is 361 g/mol. The lowest BCUT2D eigenvalue weighted by atomic mass is 10.2. The van der Waals surface area contributed by atoms with Gasteiger partial charge in [-0.1, -0.05) is 6.07 Å². The molecule has 0 radical (unpaired) electrons. The Morgan fingerprint density at radius 1 is 1.19 bits per heavy atom. The van der Waals surface area contributed by atoms with Crippen LogP contribution >= 0.6 is 0 Å². The van der Waals surface area contributed by atoms with Crippen LogP contribution in [-0.2, 0) is 11.3 Å². The fourth-order valence-corrected chi connectivity index (χ4v) is 2.12. The van der Waals surface area contributed by atoms with E-state index in [-0.39, 0.29) is 24.4 Å². The van der Waals surface area contributed by atoms with E-state index in [2.05, 4.69) is 25.9 Å². The molecule has 1 aromatic carbocycles. The van der Waals surface area contributed by atoms with E-state index < -0.39 is 11.6 Å². The molecule has 26 heavy (non-hydrogen) atoms. The molecule has 0 aliphatic rings. The number of hydrogen-bond donors (Lipinski definition) is 3. The summed E-state index contributed by atoms with van der Waals surface area (Å²) in [5.74, 6) is -0.327. The van der Waals surface area contributed by atoms with Gasteiger partial charge in [-0.15, -0.1) is 0 Å². The molecular formula is C18H21F2N5O. The zero-order valence-corrected chi connectivity index (χ0v) is 14.6. The maximum absolute atomic E-state index is 13.6. The molecule has 0 unspecified atom stereocenters. The number of carbonyl (C=O) groups is 1. The Morgan fingerprint density at radius 2 is 2.00 bits per heavy atom. The highest BCUT2D eigenvalue weighted by molar-refractivity contribution is 5.90. The van der Waals surface area contributed by atoms with E-state index in [0.717, 1.165) is 23.8 Å². The summed E-state index contributed by atoms with van der Waals surface area (Å²) in [5.41, 5.74) is 1.20. The molecule has 8 heteroatoms. The van der Waals surface area contributed by atoms with Crippen LogP contribution in [0, 0.1) is 18.6 Å². The molecule has 0 bridgehead atoms. The van der Waals surface area contributed by atoms with Crippen LogP contribution in [0.3, 0.4) is 0 Å². The number of nitrogens with zero attached hydrogens (tertiary/aromatic N) is 2. The van der Waals surface area contributed by atoms with E-state index in [1.54, 1.807) is 19.3 Å². The van der Waals surface area contributed by atoms with Crippen molar-refractivity contribution in [1.29, 1.82) is 0 Å². The standard InChI is InChI=1S/C18H21F2N5O/c1-12-3-6-16(23-10-12)25-17(26)7-8-22-18(21-2)24-11-13-9-14(19)4-5-15(13)20/h3-6,9-10H,7-8,11H2,1-2H3,(H2,21,22,24)(H,23,25,26). The van der Waals surface area contributed by atoms with E-state index in [4.69, 9.17) is 0 Å². The highest BCUT2D eigenvalue weighted by atomic mass is 19.1. The third kappa shape index (κ3) is 6.12. The molecule has 0 atom stereocenters. The molecule has 0 fully saturated rings. The Bertz CT molecular complexity index is 778. The number of amides is 1. The predicted octanol–water partition coefficient (Wildman–Crippen LogP) is 2.36. The van der Waals surface area contributed by atoms with Crippen molar-refractivity contribution in [2.75, 3.05) is 18.9 Å². The van der Waals surface area contributed by atoms with Crippen LogP contribution < -0.4 is 16.0 Å². The van der Waals surface area contributed by atoms with Crippen LogP contribution in [0.1, 0.15) is 17.5 Å². The van der Waals surface area contributed by atoms with Gasteiger partial charge < -0.3 is 16.0 Å². The van der Waals surface area contributed by atoms with Crippen molar-refractivity contribution in [2.45, 2.75) is 19.9 Å². The topological polar surface area (TPSA) is 78.4 Å². The van der Waals surface area contributed by atoms with Gasteiger partial charge in [0.05, 0.1) is 0 Å². The number of anilines is 1. The minimum atomic E-state index is -0.507. The third-order valence-electron chi connectivity index (χ3n) is 3.50. The Morgan fingerprint density at radius 3 is 2.69 bits per heavy atom. The number of guanidine groups is 1. The molecule has 1 heterocycles. The molecule has 138 valence electrons. The second-order valence-electron chi connectivity index (χ2n) is 5.61. The van der Waals surface area contributed by atoms with Crippen molar-refractivity contribution in [3.8, 4) is 0 Å². The lowest BCUT2D eigenvalue weighted by molar-refractivity contribution is -0.116. The quantitative estimate of drug-likeness (QED) is 0.545. The first-order chi connectivity index (χ1) is 12.5. The number of aliphatic imine (C=N–C) groups is 1. The third-order valence-corrected chi connectivity index (χ3v) is 3.50. The van der Waals surface area contributed by atoms with Gasteiger partial charge in [-0.3, -0.25) is 9.79 Å². The molecule has 0 aliphatic heterocycles. The Balaban J connectivity index is 1.75. The maximum atomic E-state index is 13.6. The molecular weight excluding hydrogens is 340 g/mol. The van der Waals surface area contributed by atoms with Gasteiger partial charge in [0, 0.05) is 38.3 Å². The molecule has 2 aromatic rings. The number of pyridine rings is 1. The van der Waals surface area contributed by atoms with E-state index in [0.29, 0.717) is 18.3 Å². The highest BCUT2D eigenvalue weighted by Gasteiger charge is 2.07. The number of carbonyl (C=O) groups excluding carboxylic acids is 1. The van der Waals surface area contributed by atoms with Crippen molar-refractivity contribution in [1.82, 2.24) is 15.6 Å². The zero-order valence-electron chi connectivity index (χ0n) is 14.6. The Labute approximate surface area is 150 Å². The van der Waals surface area contributed by atoms with Crippen LogP contribution in [-0.4, -0.2) is 30.4 Å². The molecule has 2 rings (SSSR count). The SMILES string of the molecule is CN=C(NCCC(=O)Nc1ccc(C)cn1)NCc1cc(F)ccc1F. The number of rotatable bonds is 6. The number of hydrogen-bond acceptors (Lipinski definition) is 3. The maximum Gasteiger partial charge on any atom is 0.227 e. The van der Waals surface area contributed by atoms with Gasteiger partial charge in [-0.05, 0) is 36.8 Å². The fraction of sp³-hybridized carbons (Fsp3) is 0.278. The molecule has 6 nitrogen and oxygen atoms in total. The molecule has 0 saturated heterocycles. The number of nitrogens with one attached hydrogen (secondary N) is 3. The van der Waals surface area contributed by atoms with Crippen molar-refractivity contribution < 1.29 is 13.6 Å². The second kappa shape index (κ2) is 9.45. The van der Waals surface area contributed by atoms with E-state index in [1.165, 1.54) is 0 Å². The minimum Gasteiger partial charge on any atom is -0.356 e. The number of aromatic nitrogens is 1. The largest absolute Gasteiger partial charge is 0.356 e. The van der Waals surface area contributed by atoms with E-state index >= 15 is 0 Å². The summed E-state index contributed by atoms with van der Waals surface area (Å²) in [4.78, 5) is 20.0. The molecule has 1 aromatic heterocycles. The molecule has 0 aliphatic carbocycles. The fourth-order valence-electron chi connectivity index (χ4n) is 2.12. The summed E-state index contributed by atoms with van der Waals surface area (Å²) in [7, 11) is 1.55. The van der Waals surface area contributed by atoms with Gasteiger partial charge in [0.25, 0.3) is 0 Å². The van der Waals surface area contributed by atoms with Crippen molar-refractivity contribution in [2.24, 2.45) is 4.99 Å². The van der Waals surface area contributed by atoms with Crippen molar-refractivity contribution >= 4 is 17.7 Å². The van der Waals surface area contributed by atoms with Gasteiger partial charge in [0.15, 0.2) is 5.96 Å². The molecule has 0 spiro atoms. The zero-order chi connectivity index (χ0) is 18.9. The second-order valence-corrected chi connectivity index (χ2v) is 5.61. The van der Waals surface area contributed by atoms with Crippen LogP contribution in [0.4, 0.5) is 14.6 Å². The Hall–Kier alpha value is -3.03. The first-order valence-electron chi connectivity index (χ1n) is 8.09. The molecule has 0 saturated carbocycles. The number of aryl methyl sites for hydroxylation is 1. The van der Waals surface area contributed by atoms with Crippen molar-refractivity contribution in [3.05, 3.63) is 59.3 Å². The summed E-state index contributed by atoms with van der Waals surface area (Å²) < 4.78 is 26.7. The lowest BCUT2D eigenvalue weighted by Crippen LogP contribution is -2.38. The number of halogens is 2. The molecule has 1 amide bonds. The van der Waals surface area contributed by atoms with Gasteiger partial charge in [0.2, 0.25) is 5.91 Å². The van der Waals surface area contributed by atoms with E-state index in [9.17, 15) is 13.6 Å². The first-order valence-corrected chi connectivity index (χ1v) is 8.09. The average Bonchev–Trinajstić information content (AvgIpc) is 2.62. The number of benzene rings is 1. The summed E-state index contributed by atoms with van der Waals surface area (Å²) in [6.45, 7) is 2.31. The van der Waals surface area contributed by atoms with Crippen molar-refractivity contribution in [3.63, 3.8) is 0 Å². The first kappa shape index (κ1) is 19.3. The van der Waals surface area contributed by atoms with Crippen LogP contribution in [0.15, 0.2) is 41.5 Å². The van der Waals surface area contributed by atoms with Gasteiger partial charge >= 0.3 is 0 Å². The summed E-state index contributed by atoms with van der Waals surface area (Å²) in [5, 5.41) is 8.50. The average molecular weight is 361 g/mol.